The van der Waals surface area contributed by atoms with Crippen molar-refractivity contribution in [3.8, 4) is 33.5 Å². The molecule has 0 aliphatic heterocycles. The van der Waals surface area contributed by atoms with Gasteiger partial charge in [0.15, 0.2) is 0 Å². The van der Waals surface area contributed by atoms with E-state index >= 15 is 0 Å². The predicted molar refractivity (Wildman–Crippen MR) is 106 cm³/mol. The number of hydrogen-bond donors (Lipinski definition) is 1. The van der Waals surface area contributed by atoms with Crippen LogP contribution in [0.25, 0.3) is 43.7 Å². The van der Waals surface area contributed by atoms with Gasteiger partial charge in [-0.15, -0.1) is 21.5 Å². The molecule has 27 heavy (non-hydrogen) atoms. The highest BCUT2D eigenvalue weighted by Gasteiger charge is 2.19. The maximum atomic E-state index is 6.34. The number of pyridine rings is 2. The van der Waals surface area contributed by atoms with Crippen LogP contribution < -0.4 is 5.73 Å². The minimum atomic E-state index is 0.403. The van der Waals surface area contributed by atoms with Crippen molar-refractivity contribution in [2.45, 2.75) is 0 Å². The molecular weight excluding hydrogens is 358 g/mol. The molecule has 130 valence electrons. The molecule has 0 amide bonds. The van der Waals surface area contributed by atoms with E-state index in [1.807, 2.05) is 54.6 Å². The number of fused-ring (bicyclic) bond motifs is 1. The summed E-state index contributed by atoms with van der Waals surface area (Å²) in [6, 6.07) is 17.4. The summed E-state index contributed by atoms with van der Waals surface area (Å²) in [7, 11) is 0. The molecule has 1 aromatic carbocycles. The van der Waals surface area contributed by atoms with Gasteiger partial charge in [-0.2, -0.15) is 0 Å². The summed E-state index contributed by atoms with van der Waals surface area (Å²) in [6.45, 7) is 0. The van der Waals surface area contributed by atoms with Crippen molar-refractivity contribution in [3.05, 3.63) is 67.0 Å². The number of rotatable bonds is 3. The van der Waals surface area contributed by atoms with Crippen LogP contribution in [0.4, 0.5) is 5.69 Å². The predicted octanol–water partition coefficient (Wildman–Crippen LogP) is 4.66. The van der Waals surface area contributed by atoms with Crippen molar-refractivity contribution in [2.75, 3.05) is 5.73 Å². The smallest absolute Gasteiger partial charge is 0.260 e. The quantitative estimate of drug-likeness (QED) is 0.496. The molecule has 0 aliphatic rings. The van der Waals surface area contributed by atoms with Crippen molar-refractivity contribution in [3.63, 3.8) is 0 Å². The second-order valence-electron chi connectivity index (χ2n) is 5.91. The number of anilines is 1. The summed E-state index contributed by atoms with van der Waals surface area (Å²) in [5, 5.41) is 9.21. The first-order valence-corrected chi connectivity index (χ1v) is 9.10. The van der Waals surface area contributed by atoms with Gasteiger partial charge < -0.3 is 10.2 Å². The fourth-order valence-electron chi connectivity index (χ4n) is 2.85. The van der Waals surface area contributed by atoms with Crippen LogP contribution in [0.15, 0.2) is 71.4 Å². The first-order chi connectivity index (χ1) is 13.3. The van der Waals surface area contributed by atoms with E-state index in [0.29, 0.717) is 17.5 Å². The van der Waals surface area contributed by atoms with Crippen LogP contribution in [-0.2, 0) is 0 Å². The standard InChI is InChI=1S/C20H13N5OS/c21-16-14-6-7-15(12-8-10-22-11-9-12)23-20(14)27-17(16)19-25-24-18(26-19)13-4-2-1-3-5-13/h1-11H,21H2. The van der Waals surface area contributed by atoms with E-state index in [1.165, 1.54) is 11.3 Å². The summed E-state index contributed by atoms with van der Waals surface area (Å²) < 4.78 is 5.85. The Balaban J connectivity index is 1.58. The molecule has 5 rings (SSSR count). The number of nitrogens with zero attached hydrogens (tertiary/aromatic N) is 4. The molecule has 0 spiro atoms. The summed E-state index contributed by atoms with van der Waals surface area (Å²) >= 11 is 1.45. The van der Waals surface area contributed by atoms with Crippen LogP contribution >= 0.6 is 11.3 Å². The molecule has 2 N–H and O–H groups in total. The van der Waals surface area contributed by atoms with Crippen molar-refractivity contribution >= 4 is 27.2 Å². The van der Waals surface area contributed by atoms with Gasteiger partial charge in [0, 0.05) is 28.9 Å². The fraction of sp³-hybridized carbons (Fsp3) is 0. The average Bonchev–Trinajstić information content (AvgIpc) is 3.34. The van der Waals surface area contributed by atoms with E-state index < -0.39 is 0 Å². The highest BCUT2D eigenvalue weighted by molar-refractivity contribution is 7.22. The van der Waals surface area contributed by atoms with Crippen LogP contribution in [-0.4, -0.2) is 20.2 Å². The minimum Gasteiger partial charge on any atom is -0.415 e. The number of hydrogen-bond acceptors (Lipinski definition) is 7. The summed E-state index contributed by atoms with van der Waals surface area (Å²) in [4.78, 5) is 10.3. The zero-order chi connectivity index (χ0) is 18.2. The molecule has 0 saturated carbocycles. The van der Waals surface area contributed by atoms with Crippen molar-refractivity contribution < 1.29 is 4.42 Å². The van der Waals surface area contributed by atoms with Crippen LogP contribution in [0.5, 0.6) is 0 Å². The third-order valence-electron chi connectivity index (χ3n) is 4.21. The van der Waals surface area contributed by atoms with Gasteiger partial charge in [-0.05, 0) is 36.4 Å². The van der Waals surface area contributed by atoms with Crippen molar-refractivity contribution in [2.24, 2.45) is 0 Å². The van der Waals surface area contributed by atoms with Gasteiger partial charge in [-0.25, -0.2) is 4.98 Å². The van der Waals surface area contributed by atoms with E-state index in [4.69, 9.17) is 15.1 Å². The highest BCUT2D eigenvalue weighted by Crippen LogP contribution is 2.40. The van der Waals surface area contributed by atoms with Crippen LogP contribution in [0.1, 0.15) is 0 Å². The number of nitrogens with two attached hydrogens (primary N) is 1. The zero-order valence-electron chi connectivity index (χ0n) is 14.0. The molecule has 0 unspecified atom stereocenters. The number of thiophene rings is 1. The maximum absolute atomic E-state index is 6.34. The monoisotopic (exact) mass is 371 g/mol. The summed E-state index contributed by atoms with van der Waals surface area (Å²) in [6.07, 6.45) is 3.50. The summed E-state index contributed by atoms with van der Waals surface area (Å²) in [5.74, 6) is 0.868. The van der Waals surface area contributed by atoms with Gasteiger partial charge in [-0.1, -0.05) is 18.2 Å². The van der Waals surface area contributed by atoms with Gasteiger partial charge in [-0.3, -0.25) is 4.98 Å². The van der Waals surface area contributed by atoms with Crippen LogP contribution in [0.2, 0.25) is 0 Å². The van der Waals surface area contributed by atoms with Gasteiger partial charge in [0.05, 0.1) is 11.4 Å². The Bertz CT molecular complexity index is 1230. The van der Waals surface area contributed by atoms with Gasteiger partial charge in [0.25, 0.3) is 5.89 Å². The molecule has 4 aromatic heterocycles. The molecule has 0 radical (unpaired) electrons. The molecule has 0 atom stereocenters. The number of benzene rings is 1. The third kappa shape index (κ3) is 2.74. The molecule has 0 bridgehead atoms. The van der Waals surface area contributed by atoms with Crippen LogP contribution in [0.3, 0.4) is 0 Å². The average molecular weight is 371 g/mol. The first-order valence-electron chi connectivity index (χ1n) is 8.28. The van der Waals surface area contributed by atoms with E-state index in [9.17, 15) is 0 Å². The Labute approximate surface area is 158 Å². The molecule has 0 saturated heterocycles. The molecule has 6 nitrogen and oxygen atoms in total. The largest absolute Gasteiger partial charge is 0.415 e. The lowest BCUT2D eigenvalue weighted by molar-refractivity contribution is 0.586. The van der Waals surface area contributed by atoms with Gasteiger partial charge >= 0.3 is 0 Å². The van der Waals surface area contributed by atoms with Crippen LogP contribution in [0, 0.1) is 0 Å². The summed E-state index contributed by atoms with van der Waals surface area (Å²) in [5.41, 5.74) is 9.69. The molecule has 7 heteroatoms. The first kappa shape index (κ1) is 15.7. The van der Waals surface area contributed by atoms with Crippen molar-refractivity contribution in [1.82, 2.24) is 20.2 Å². The lowest BCUT2D eigenvalue weighted by Gasteiger charge is -2.00. The Hall–Kier alpha value is -3.58. The lowest BCUT2D eigenvalue weighted by atomic mass is 10.1. The van der Waals surface area contributed by atoms with Gasteiger partial charge in [0.1, 0.15) is 9.71 Å². The zero-order valence-corrected chi connectivity index (χ0v) is 14.9. The Kier molecular flexibility index (Phi) is 3.65. The number of aromatic nitrogens is 4. The minimum absolute atomic E-state index is 0.403. The fourth-order valence-corrected chi connectivity index (χ4v) is 3.87. The molecule has 4 heterocycles. The maximum Gasteiger partial charge on any atom is 0.260 e. The Morgan fingerprint density at radius 3 is 2.41 bits per heavy atom. The van der Waals surface area contributed by atoms with E-state index in [1.54, 1.807) is 12.4 Å². The SMILES string of the molecule is Nc1c(-c2nnc(-c3ccccc3)o2)sc2nc(-c3ccncc3)ccc12. The Morgan fingerprint density at radius 2 is 1.59 bits per heavy atom. The normalized spacial score (nSPS) is 11.1. The van der Waals surface area contributed by atoms with E-state index in [0.717, 1.165) is 31.9 Å². The number of nitrogen functional groups attached to an aromatic ring is 1. The van der Waals surface area contributed by atoms with Gasteiger partial charge in [0.2, 0.25) is 5.89 Å². The molecular formula is C20H13N5OS. The molecule has 0 aliphatic carbocycles. The van der Waals surface area contributed by atoms with Crippen molar-refractivity contribution in [1.29, 1.82) is 0 Å². The molecule has 5 aromatic rings. The van der Waals surface area contributed by atoms with E-state index in [2.05, 4.69) is 15.2 Å². The highest BCUT2D eigenvalue weighted by atomic mass is 32.1. The Morgan fingerprint density at radius 1 is 0.815 bits per heavy atom. The second-order valence-corrected chi connectivity index (χ2v) is 6.91. The van der Waals surface area contributed by atoms with E-state index in [-0.39, 0.29) is 0 Å². The second kappa shape index (κ2) is 6.30. The lowest BCUT2D eigenvalue weighted by Crippen LogP contribution is -1.87. The third-order valence-corrected chi connectivity index (χ3v) is 5.31. The molecule has 0 fully saturated rings. The topological polar surface area (TPSA) is 90.7 Å².